The Balaban J connectivity index is 1.98. The maximum Gasteiger partial charge on any atom is 0.335 e. The fourth-order valence-electron chi connectivity index (χ4n) is 2.84. The monoisotopic (exact) mass is 472 g/mol. The normalized spacial score (nSPS) is 14.7. The van der Waals surface area contributed by atoms with Gasteiger partial charge in [0.2, 0.25) is 0 Å². The highest BCUT2D eigenvalue weighted by Gasteiger charge is 2.29. The Morgan fingerprint density at radius 2 is 1.93 bits per heavy atom. The lowest BCUT2D eigenvalue weighted by Crippen LogP contribution is -2.21. The van der Waals surface area contributed by atoms with Crippen LogP contribution in [0.2, 0.25) is 0 Å². The lowest BCUT2D eigenvalue weighted by molar-refractivity contribution is -0.132. The molecule has 0 unspecified atom stereocenters. The van der Waals surface area contributed by atoms with Gasteiger partial charge in [0, 0.05) is 11.4 Å². The Bertz CT molecular complexity index is 1120. The molecule has 0 saturated heterocycles. The van der Waals surface area contributed by atoms with Gasteiger partial charge in [0.15, 0.2) is 11.5 Å². The van der Waals surface area contributed by atoms with Crippen molar-refractivity contribution in [2.45, 2.75) is 13.8 Å². The summed E-state index contributed by atoms with van der Waals surface area (Å²) >= 11 is 3.41. The number of nitrogens with zero attached hydrogens (tertiary/aromatic N) is 2. The molecule has 1 amide bonds. The minimum Gasteiger partial charge on any atom is -0.493 e. The van der Waals surface area contributed by atoms with Gasteiger partial charge in [0.05, 0.1) is 29.6 Å². The summed E-state index contributed by atoms with van der Waals surface area (Å²) in [5, 5.41) is 14.6. The molecule has 0 fully saturated rings. The molecular weight excluding hydrogens is 456 g/mol. The molecule has 30 heavy (non-hydrogen) atoms. The van der Waals surface area contributed by atoms with Gasteiger partial charge in [-0.15, -0.1) is 0 Å². The largest absolute Gasteiger partial charge is 0.493 e. The van der Waals surface area contributed by atoms with Gasteiger partial charge in [-0.25, -0.2) is 4.79 Å². The summed E-state index contributed by atoms with van der Waals surface area (Å²) in [5.41, 5.74) is 1.82. The van der Waals surface area contributed by atoms with E-state index in [9.17, 15) is 19.5 Å². The van der Waals surface area contributed by atoms with E-state index in [-0.39, 0.29) is 11.3 Å². The van der Waals surface area contributed by atoms with Crippen molar-refractivity contribution in [2.24, 2.45) is 5.10 Å². The molecule has 1 N–H and O–H groups in total. The predicted molar refractivity (Wildman–Crippen MR) is 114 cm³/mol. The first-order valence-electron chi connectivity index (χ1n) is 8.72. The fourth-order valence-corrected chi connectivity index (χ4v) is 3.28. The van der Waals surface area contributed by atoms with Gasteiger partial charge in [0.1, 0.15) is 0 Å². The number of rotatable bonds is 5. The van der Waals surface area contributed by atoms with Crippen LogP contribution in [0.4, 0.5) is 5.69 Å². The molecule has 1 heterocycles. The highest BCUT2D eigenvalue weighted by molar-refractivity contribution is 9.10. The highest BCUT2D eigenvalue weighted by atomic mass is 79.9. The number of methoxy groups -OCH3 is 1. The molecule has 9 heteroatoms. The number of carbonyl (C=O) groups is 3. The van der Waals surface area contributed by atoms with Crippen LogP contribution in [0.25, 0.3) is 6.08 Å². The Morgan fingerprint density at radius 3 is 2.57 bits per heavy atom. The van der Waals surface area contributed by atoms with Crippen LogP contribution in [0.1, 0.15) is 29.8 Å². The zero-order valence-corrected chi connectivity index (χ0v) is 17.9. The van der Waals surface area contributed by atoms with Crippen LogP contribution in [0.3, 0.4) is 0 Å². The third-order valence-electron chi connectivity index (χ3n) is 4.24. The third kappa shape index (κ3) is 4.25. The van der Waals surface area contributed by atoms with E-state index < -0.39 is 17.8 Å². The molecule has 0 aromatic heterocycles. The van der Waals surface area contributed by atoms with E-state index in [4.69, 9.17) is 9.47 Å². The summed E-state index contributed by atoms with van der Waals surface area (Å²) in [6.45, 7) is 2.97. The second-order valence-corrected chi connectivity index (χ2v) is 7.19. The lowest BCUT2D eigenvalue weighted by atomic mass is 10.1. The van der Waals surface area contributed by atoms with Gasteiger partial charge in [-0.2, -0.15) is 10.1 Å². The smallest absolute Gasteiger partial charge is 0.335 e. The number of benzene rings is 2. The van der Waals surface area contributed by atoms with Crippen molar-refractivity contribution in [1.82, 2.24) is 0 Å². The molecule has 3 rings (SSSR count). The Hall–Kier alpha value is -3.46. The zero-order valence-electron chi connectivity index (χ0n) is 16.3. The third-order valence-corrected chi connectivity index (χ3v) is 4.92. The van der Waals surface area contributed by atoms with Gasteiger partial charge in [-0.05, 0) is 48.9 Å². The van der Waals surface area contributed by atoms with Gasteiger partial charge in [-0.3, -0.25) is 9.59 Å². The van der Waals surface area contributed by atoms with E-state index in [1.807, 2.05) is 0 Å². The summed E-state index contributed by atoms with van der Waals surface area (Å²) in [6, 6.07) is 9.18. The van der Waals surface area contributed by atoms with E-state index in [1.165, 1.54) is 26.2 Å². The van der Waals surface area contributed by atoms with Gasteiger partial charge >= 0.3 is 11.9 Å². The second-order valence-electron chi connectivity index (χ2n) is 6.33. The van der Waals surface area contributed by atoms with Gasteiger partial charge in [-0.1, -0.05) is 22.0 Å². The van der Waals surface area contributed by atoms with Gasteiger partial charge in [0.25, 0.3) is 5.91 Å². The number of esters is 1. The molecule has 2 aromatic rings. The summed E-state index contributed by atoms with van der Waals surface area (Å²) in [4.78, 5) is 35.4. The number of amides is 1. The van der Waals surface area contributed by atoms with E-state index in [0.29, 0.717) is 32.8 Å². The molecule has 8 nitrogen and oxygen atoms in total. The van der Waals surface area contributed by atoms with Crippen molar-refractivity contribution >= 4 is 51.3 Å². The number of hydrogen-bond acceptors (Lipinski definition) is 6. The molecule has 0 aliphatic carbocycles. The average Bonchev–Trinajstić information content (AvgIpc) is 2.97. The minimum absolute atomic E-state index is 0.0547. The molecule has 1 aliphatic rings. The number of ether oxygens (including phenoxy) is 2. The van der Waals surface area contributed by atoms with Crippen molar-refractivity contribution in [3.8, 4) is 11.5 Å². The average molecular weight is 473 g/mol. The minimum atomic E-state index is -1.09. The Kier molecular flexibility index (Phi) is 6.02. The van der Waals surface area contributed by atoms with Crippen molar-refractivity contribution in [3.63, 3.8) is 0 Å². The summed E-state index contributed by atoms with van der Waals surface area (Å²) < 4.78 is 11.0. The zero-order chi connectivity index (χ0) is 22.0. The van der Waals surface area contributed by atoms with Crippen LogP contribution in [-0.4, -0.2) is 35.8 Å². The number of carboxylic acid groups (broad SMARTS) is 1. The van der Waals surface area contributed by atoms with Crippen molar-refractivity contribution in [3.05, 3.63) is 57.6 Å². The van der Waals surface area contributed by atoms with E-state index in [2.05, 4.69) is 21.0 Å². The number of aromatic carboxylic acids is 1. The number of hydrazone groups is 1. The van der Waals surface area contributed by atoms with E-state index in [0.717, 1.165) is 5.01 Å². The first kappa shape index (κ1) is 21.3. The molecule has 0 atom stereocenters. The summed E-state index contributed by atoms with van der Waals surface area (Å²) in [7, 11) is 1.44. The Labute approximate surface area is 180 Å². The van der Waals surface area contributed by atoms with Crippen molar-refractivity contribution < 1.29 is 29.0 Å². The first-order valence-corrected chi connectivity index (χ1v) is 9.51. The second kappa shape index (κ2) is 8.50. The van der Waals surface area contributed by atoms with Crippen LogP contribution in [0.5, 0.6) is 11.5 Å². The highest BCUT2D eigenvalue weighted by Crippen LogP contribution is 2.35. The molecular formula is C21H17BrN2O6. The van der Waals surface area contributed by atoms with Crippen LogP contribution in [0.15, 0.2) is 51.5 Å². The predicted octanol–water partition coefficient (Wildman–Crippen LogP) is 3.89. The van der Waals surface area contributed by atoms with Crippen LogP contribution in [-0.2, 0) is 9.59 Å². The topological polar surface area (TPSA) is 106 Å². The Morgan fingerprint density at radius 1 is 1.20 bits per heavy atom. The number of halogens is 1. The lowest BCUT2D eigenvalue weighted by Gasteiger charge is -2.13. The maximum absolute atomic E-state index is 13.0. The molecule has 2 aromatic carbocycles. The van der Waals surface area contributed by atoms with Crippen LogP contribution in [0, 0.1) is 0 Å². The van der Waals surface area contributed by atoms with Crippen molar-refractivity contribution in [1.29, 1.82) is 0 Å². The number of carboxylic acids is 1. The first-order chi connectivity index (χ1) is 14.2. The maximum atomic E-state index is 13.0. The standard InChI is InChI=1S/C21H17BrN2O6/c1-11-16(8-14-9-18(29-3)19(10-17(14)22)30-12(2)25)20(26)24(23-11)15-6-4-5-13(7-15)21(27)28/h4-10H,1-3H3,(H,27,28)/b16-8-. The molecule has 0 saturated carbocycles. The van der Waals surface area contributed by atoms with Crippen LogP contribution < -0.4 is 14.5 Å². The molecule has 0 radical (unpaired) electrons. The van der Waals surface area contributed by atoms with E-state index in [1.54, 1.807) is 37.3 Å². The SMILES string of the molecule is COc1cc(/C=C2\C(=O)N(c3cccc(C(=O)O)c3)N=C2C)c(Br)cc1OC(C)=O. The molecule has 154 valence electrons. The van der Waals surface area contributed by atoms with Crippen molar-refractivity contribution in [2.75, 3.05) is 12.1 Å². The molecule has 0 bridgehead atoms. The summed E-state index contributed by atoms with van der Waals surface area (Å²) in [6.07, 6.45) is 1.63. The number of anilines is 1. The number of carbonyl (C=O) groups excluding carboxylic acids is 2. The number of hydrogen-bond donors (Lipinski definition) is 1. The van der Waals surface area contributed by atoms with E-state index >= 15 is 0 Å². The quantitative estimate of drug-likeness (QED) is 0.402. The molecule has 1 aliphatic heterocycles. The van der Waals surface area contributed by atoms with Gasteiger partial charge < -0.3 is 14.6 Å². The van der Waals surface area contributed by atoms with Crippen LogP contribution >= 0.6 is 15.9 Å². The molecule has 0 spiro atoms. The fraction of sp³-hybridized carbons (Fsp3) is 0.143. The summed E-state index contributed by atoms with van der Waals surface area (Å²) in [5.74, 6) is -1.41.